The molecule has 0 amide bonds. The van der Waals surface area contributed by atoms with E-state index in [9.17, 15) is 0 Å². The summed E-state index contributed by atoms with van der Waals surface area (Å²) in [4.78, 5) is 0. The number of hydrogen-bond acceptors (Lipinski definition) is 1. The Morgan fingerprint density at radius 2 is 2.15 bits per heavy atom. The molecule has 0 aromatic heterocycles. The van der Waals surface area contributed by atoms with E-state index >= 15 is 0 Å². The highest BCUT2D eigenvalue weighted by atomic mass is 16.5. The number of para-hydroxylation sites is 1. The van der Waals surface area contributed by atoms with Crippen molar-refractivity contribution in [2.45, 2.75) is 32.6 Å². The lowest BCUT2D eigenvalue weighted by molar-refractivity contribution is 0.326. The summed E-state index contributed by atoms with van der Waals surface area (Å²) in [5, 5.41) is 0. The highest BCUT2D eigenvalue weighted by Crippen LogP contribution is 2.34. The van der Waals surface area contributed by atoms with Gasteiger partial charge in [-0.15, -0.1) is 0 Å². The molecule has 1 aromatic rings. The van der Waals surface area contributed by atoms with Gasteiger partial charge in [0, 0.05) is 6.42 Å². The number of benzene rings is 1. The molecular weight excluding hydrogens is 160 g/mol. The Balaban J connectivity index is 1.97. The highest BCUT2D eigenvalue weighted by Gasteiger charge is 2.22. The normalized spacial score (nSPS) is 15.5. The molecule has 2 rings (SSSR count). The van der Waals surface area contributed by atoms with Crippen molar-refractivity contribution in [2.75, 3.05) is 0 Å². The average Bonchev–Trinajstić information content (AvgIpc) is 2.57. The van der Waals surface area contributed by atoms with Gasteiger partial charge in [0.25, 0.3) is 0 Å². The summed E-state index contributed by atoms with van der Waals surface area (Å²) >= 11 is 0. The summed E-state index contributed by atoms with van der Waals surface area (Å²) in [6, 6.07) is 8.30. The van der Waals surface area contributed by atoms with Crippen molar-refractivity contribution in [3.63, 3.8) is 0 Å². The molecule has 1 aliphatic heterocycles. The van der Waals surface area contributed by atoms with Crippen LogP contribution in [-0.4, -0.2) is 0 Å². The molecule has 1 aromatic carbocycles. The minimum absolute atomic E-state index is 1.02. The molecule has 1 heterocycles. The van der Waals surface area contributed by atoms with E-state index in [1.807, 2.05) is 12.1 Å². The largest absolute Gasteiger partial charge is 0.482 e. The number of rotatable bonds is 3. The van der Waals surface area contributed by atoms with E-state index in [1.54, 1.807) is 0 Å². The van der Waals surface area contributed by atoms with Crippen LogP contribution in [0.2, 0.25) is 0 Å². The maximum atomic E-state index is 5.73. The Morgan fingerprint density at radius 3 is 2.92 bits per heavy atom. The Bertz CT molecular complexity index is 255. The molecule has 1 heteroatoms. The van der Waals surface area contributed by atoms with Crippen LogP contribution >= 0.6 is 0 Å². The molecular formula is C12H15O. The zero-order chi connectivity index (χ0) is 9.10. The van der Waals surface area contributed by atoms with Gasteiger partial charge in [-0.2, -0.15) is 0 Å². The van der Waals surface area contributed by atoms with Crippen LogP contribution in [0.5, 0.6) is 5.75 Å². The van der Waals surface area contributed by atoms with Crippen molar-refractivity contribution in [3.8, 4) is 5.75 Å². The van der Waals surface area contributed by atoms with E-state index in [0.29, 0.717) is 0 Å². The summed E-state index contributed by atoms with van der Waals surface area (Å²) < 4.78 is 5.73. The maximum absolute atomic E-state index is 5.73. The topological polar surface area (TPSA) is 9.23 Å². The lowest BCUT2D eigenvalue weighted by Gasteiger charge is -2.06. The number of ether oxygens (including phenoxy) is 1. The fourth-order valence-corrected chi connectivity index (χ4v) is 1.67. The highest BCUT2D eigenvalue weighted by molar-refractivity contribution is 5.39. The Labute approximate surface area is 79.7 Å². The second-order valence-electron chi connectivity index (χ2n) is 3.53. The van der Waals surface area contributed by atoms with Crippen LogP contribution in [0.1, 0.15) is 31.7 Å². The van der Waals surface area contributed by atoms with Crippen LogP contribution < -0.4 is 4.74 Å². The Morgan fingerprint density at radius 1 is 1.31 bits per heavy atom. The van der Waals surface area contributed by atoms with E-state index in [1.165, 1.54) is 24.5 Å². The summed E-state index contributed by atoms with van der Waals surface area (Å²) in [7, 11) is 0. The van der Waals surface area contributed by atoms with Crippen molar-refractivity contribution in [1.82, 2.24) is 0 Å². The van der Waals surface area contributed by atoms with Crippen LogP contribution in [0.15, 0.2) is 24.3 Å². The van der Waals surface area contributed by atoms with Gasteiger partial charge in [0.05, 0.1) is 0 Å². The van der Waals surface area contributed by atoms with E-state index in [4.69, 9.17) is 4.74 Å². The first-order valence-electron chi connectivity index (χ1n) is 5.00. The van der Waals surface area contributed by atoms with Gasteiger partial charge in [-0.3, -0.25) is 0 Å². The van der Waals surface area contributed by atoms with Gasteiger partial charge >= 0.3 is 0 Å². The fourth-order valence-electron chi connectivity index (χ4n) is 1.67. The predicted octanol–water partition coefficient (Wildman–Crippen LogP) is 3.34. The molecule has 1 radical (unpaired) electrons. The molecule has 69 valence electrons. The number of hydrogen-bond donors (Lipinski definition) is 0. The molecule has 1 nitrogen and oxygen atoms in total. The van der Waals surface area contributed by atoms with Crippen molar-refractivity contribution in [3.05, 3.63) is 35.9 Å². The second kappa shape index (κ2) is 3.82. The Hall–Kier alpha value is -0.980. The quantitative estimate of drug-likeness (QED) is 0.684. The van der Waals surface area contributed by atoms with E-state index in [0.717, 1.165) is 18.6 Å². The molecule has 0 saturated carbocycles. The zero-order valence-corrected chi connectivity index (χ0v) is 8.05. The molecule has 0 spiro atoms. The van der Waals surface area contributed by atoms with Gasteiger partial charge in [0.1, 0.15) is 5.75 Å². The third-order valence-corrected chi connectivity index (χ3v) is 2.42. The fraction of sp³-hybridized carbons (Fsp3) is 0.417. The summed E-state index contributed by atoms with van der Waals surface area (Å²) in [5.41, 5.74) is 1.34. The second-order valence-corrected chi connectivity index (χ2v) is 3.53. The molecule has 1 aliphatic rings. The average molecular weight is 175 g/mol. The third kappa shape index (κ3) is 1.85. The summed E-state index contributed by atoms with van der Waals surface area (Å²) in [6.07, 6.45) is 5.86. The van der Waals surface area contributed by atoms with E-state index in [2.05, 4.69) is 19.1 Å². The molecule has 0 aliphatic carbocycles. The molecule has 0 bridgehead atoms. The Kier molecular flexibility index (Phi) is 2.53. The predicted molar refractivity (Wildman–Crippen MR) is 53.5 cm³/mol. The SMILES string of the molecule is CCCC[C]1Cc2ccccc2O1. The molecule has 0 N–H and O–H groups in total. The van der Waals surface area contributed by atoms with Crippen LogP contribution in [0.4, 0.5) is 0 Å². The van der Waals surface area contributed by atoms with E-state index < -0.39 is 0 Å². The van der Waals surface area contributed by atoms with Crippen molar-refractivity contribution < 1.29 is 4.74 Å². The lowest BCUT2D eigenvalue weighted by Crippen LogP contribution is -2.01. The standard InChI is InChI=1S/C12H15O/c1-2-3-7-11-9-10-6-4-5-8-12(10)13-11/h4-6,8H,2-3,7,9H2,1H3. The molecule has 13 heavy (non-hydrogen) atoms. The van der Waals surface area contributed by atoms with Crippen LogP contribution in [0, 0.1) is 6.10 Å². The van der Waals surface area contributed by atoms with Crippen LogP contribution in [0.25, 0.3) is 0 Å². The van der Waals surface area contributed by atoms with Crippen LogP contribution in [0.3, 0.4) is 0 Å². The number of fused-ring (bicyclic) bond motifs is 1. The van der Waals surface area contributed by atoms with Crippen molar-refractivity contribution in [2.24, 2.45) is 0 Å². The van der Waals surface area contributed by atoms with Gasteiger partial charge in [0.2, 0.25) is 0 Å². The number of unbranched alkanes of at least 4 members (excludes halogenated alkanes) is 1. The maximum Gasteiger partial charge on any atom is 0.153 e. The van der Waals surface area contributed by atoms with Crippen molar-refractivity contribution in [1.29, 1.82) is 0 Å². The van der Waals surface area contributed by atoms with E-state index in [-0.39, 0.29) is 0 Å². The monoisotopic (exact) mass is 175 g/mol. The summed E-state index contributed by atoms with van der Waals surface area (Å²) in [6.45, 7) is 2.21. The van der Waals surface area contributed by atoms with Gasteiger partial charge in [-0.25, -0.2) is 0 Å². The van der Waals surface area contributed by atoms with Crippen molar-refractivity contribution >= 4 is 0 Å². The molecule has 0 fully saturated rings. The van der Waals surface area contributed by atoms with Gasteiger partial charge < -0.3 is 4.74 Å². The minimum atomic E-state index is 1.02. The molecule has 0 saturated heterocycles. The smallest absolute Gasteiger partial charge is 0.153 e. The first-order chi connectivity index (χ1) is 6.40. The lowest BCUT2D eigenvalue weighted by atomic mass is 10.1. The van der Waals surface area contributed by atoms with Gasteiger partial charge in [0.15, 0.2) is 6.10 Å². The first-order valence-corrected chi connectivity index (χ1v) is 5.00. The third-order valence-electron chi connectivity index (χ3n) is 2.42. The minimum Gasteiger partial charge on any atom is -0.482 e. The first kappa shape index (κ1) is 8.61. The summed E-state index contributed by atoms with van der Waals surface area (Å²) in [5.74, 6) is 1.06. The van der Waals surface area contributed by atoms with Crippen LogP contribution in [-0.2, 0) is 6.42 Å². The molecule has 0 unspecified atom stereocenters. The zero-order valence-electron chi connectivity index (χ0n) is 8.05. The van der Waals surface area contributed by atoms with Gasteiger partial charge in [-0.1, -0.05) is 31.5 Å². The molecule has 0 atom stereocenters. The van der Waals surface area contributed by atoms with Gasteiger partial charge in [-0.05, 0) is 24.5 Å².